The van der Waals surface area contributed by atoms with E-state index in [9.17, 15) is 4.79 Å². The summed E-state index contributed by atoms with van der Waals surface area (Å²) in [4.78, 5) is 11.1. The van der Waals surface area contributed by atoms with Gasteiger partial charge < -0.3 is 20.9 Å². The Morgan fingerprint density at radius 1 is 1.56 bits per heavy atom. The summed E-state index contributed by atoms with van der Waals surface area (Å²) in [6.45, 7) is 2.01. The van der Waals surface area contributed by atoms with E-state index in [-0.39, 0.29) is 0 Å². The van der Waals surface area contributed by atoms with Gasteiger partial charge in [-0.2, -0.15) is 0 Å². The first-order valence-corrected chi connectivity index (χ1v) is 5.87. The summed E-state index contributed by atoms with van der Waals surface area (Å²) in [5, 5.41) is 11.8. The first-order chi connectivity index (χ1) is 8.54. The Kier molecular flexibility index (Phi) is 5.12. The summed E-state index contributed by atoms with van der Waals surface area (Å²) >= 11 is 0. The van der Waals surface area contributed by atoms with Gasteiger partial charge in [0.2, 0.25) is 0 Å². The van der Waals surface area contributed by atoms with Gasteiger partial charge in [-0.1, -0.05) is 19.1 Å². The highest BCUT2D eigenvalue weighted by molar-refractivity contribution is 5.74. The molecule has 2 unspecified atom stereocenters. The Bertz CT molecular complexity index is 421. The second-order valence-corrected chi connectivity index (χ2v) is 4.06. The Morgan fingerprint density at radius 3 is 2.67 bits per heavy atom. The van der Waals surface area contributed by atoms with Gasteiger partial charge in [-0.3, -0.25) is 4.79 Å². The van der Waals surface area contributed by atoms with Gasteiger partial charge >= 0.3 is 5.97 Å². The van der Waals surface area contributed by atoms with Crippen molar-refractivity contribution in [3.8, 4) is 5.75 Å². The monoisotopic (exact) mass is 252 g/mol. The van der Waals surface area contributed by atoms with E-state index < -0.39 is 18.1 Å². The molecule has 0 saturated carbocycles. The first-order valence-electron chi connectivity index (χ1n) is 5.87. The van der Waals surface area contributed by atoms with Crippen molar-refractivity contribution < 1.29 is 14.6 Å². The van der Waals surface area contributed by atoms with E-state index in [4.69, 9.17) is 15.6 Å². The SMILES string of the molecule is CCc1cc(C(N)C(NC)C(=O)O)ccc1OC. The van der Waals surface area contributed by atoms with Crippen LogP contribution in [0, 0.1) is 0 Å². The summed E-state index contributed by atoms with van der Waals surface area (Å²) in [5.41, 5.74) is 7.79. The molecule has 100 valence electrons. The minimum absolute atomic E-state index is 0.594. The van der Waals surface area contributed by atoms with Crippen LogP contribution in [0.2, 0.25) is 0 Å². The van der Waals surface area contributed by atoms with E-state index in [1.165, 1.54) is 0 Å². The largest absolute Gasteiger partial charge is 0.496 e. The molecule has 1 rings (SSSR count). The molecular formula is C13H20N2O3. The summed E-state index contributed by atoms with van der Waals surface area (Å²) in [7, 11) is 3.20. The average Bonchev–Trinajstić information content (AvgIpc) is 2.38. The van der Waals surface area contributed by atoms with E-state index in [1.54, 1.807) is 20.2 Å². The fourth-order valence-corrected chi connectivity index (χ4v) is 1.93. The Hall–Kier alpha value is -1.59. The number of aliphatic carboxylic acids is 1. The number of methoxy groups -OCH3 is 1. The number of aryl methyl sites for hydroxylation is 1. The van der Waals surface area contributed by atoms with Gasteiger partial charge in [-0.25, -0.2) is 0 Å². The lowest BCUT2D eigenvalue weighted by molar-refractivity contribution is -0.139. The first kappa shape index (κ1) is 14.5. The normalized spacial score (nSPS) is 14.0. The number of hydrogen-bond acceptors (Lipinski definition) is 4. The fraction of sp³-hybridized carbons (Fsp3) is 0.462. The minimum Gasteiger partial charge on any atom is -0.496 e. The quantitative estimate of drug-likeness (QED) is 0.701. The lowest BCUT2D eigenvalue weighted by Gasteiger charge is -2.21. The second kappa shape index (κ2) is 6.37. The van der Waals surface area contributed by atoms with Gasteiger partial charge in [-0.05, 0) is 30.7 Å². The molecule has 0 aromatic heterocycles. The van der Waals surface area contributed by atoms with Gasteiger partial charge in [-0.15, -0.1) is 0 Å². The molecule has 0 aliphatic heterocycles. The highest BCUT2D eigenvalue weighted by atomic mass is 16.5. The third-order valence-corrected chi connectivity index (χ3v) is 3.01. The van der Waals surface area contributed by atoms with Crippen LogP contribution < -0.4 is 15.8 Å². The number of hydrogen-bond donors (Lipinski definition) is 3. The predicted octanol–water partition coefficient (Wildman–Crippen LogP) is 0.930. The van der Waals surface area contributed by atoms with E-state index >= 15 is 0 Å². The topological polar surface area (TPSA) is 84.6 Å². The van der Waals surface area contributed by atoms with Crippen LogP contribution in [-0.2, 0) is 11.2 Å². The molecule has 0 aliphatic carbocycles. The van der Waals surface area contributed by atoms with Crippen molar-refractivity contribution in [2.75, 3.05) is 14.2 Å². The maximum Gasteiger partial charge on any atom is 0.322 e. The molecule has 4 N–H and O–H groups in total. The minimum atomic E-state index is -0.959. The summed E-state index contributed by atoms with van der Waals surface area (Å²) in [5.74, 6) is -0.163. The van der Waals surface area contributed by atoms with Crippen LogP contribution in [0.25, 0.3) is 0 Å². The van der Waals surface area contributed by atoms with Crippen molar-refractivity contribution in [1.29, 1.82) is 0 Å². The van der Waals surface area contributed by atoms with Crippen molar-refractivity contribution in [3.63, 3.8) is 0 Å². The van der Waals surface area contributed by atoms with Crippen LogP contribution in [0.1, 0.15) is 24.1 Å². The molecule has 0 radical (unpaired) electrons. The summed E-state index contributed by atoms with van der Waals surface area (Å²) in [6, 6.07) is 4.13. The number of likely N-dealkylation sites (N-methyl/N-ethyl adjacent to an activating group) is 1. The maximum absolute atomic E-state index is 11.1. The molecular weight excluding hydrogens is 232 g/mol. The van der Waals surface area contributed by atoms with Crippen LogP contribution in [-0.4, -0.2) is 31.3 Å². The maximum atomic E-state index is 11.1. The molecule has 5 heteroatoms. The number of carboxylic acids is 1. The van der Waals surface area contributed by atoms with Gasteiger partial charge in [0.05, 0.1) is 13.2 Å². The van der Waals surface area contributed by atoms with Gasteiger partial charge in [0.15, 0.2) is 0 Å². The number of carbonyl (C=O) groups is 1. The molecule has 0 spiro atoms. The van der Waals surface area contributed by atoms with E-state index in [0.717, 1.165) is 23.3 Å². The van der Waals surface area contributed by atoms with E-state index in [2.05, 4.69) is 5.32 Å². The molecule has 18 heavy (non-hydrogen) atoms. The Balaban J connectivity index is 3.05. The lowest BCUT2D eigenvalue weighted by Crippen LogP contribution is -2.43. The zero-order chi connectivity index (χ0) is 13.7. The molecule has 0 aliphatic rings. The van der Waals surface area contributed by atoms with Crippen molar-refractivity contribution in [2.45, 2.75) is 25.4 Å². The second-order valence-electron chi connectivity index (χ2n) is 4.06. The number of carboxylic acid groups (broad SMARTS) is 1. The standard InChI is InChI=1S/C13H20N2O3/c1-4-8-7-9(5-6-10(8)18-3)11(14)12(15-2)13(16)17/h5-7,11-12,15H,4,14H2,1-3H3,(H,16,17). The number of ether oxygens (including phenoxy) is 1. The zero-order valence-electron chi connectivity index (χ0n) is 10.9. The Morgan fingerprint density at radius 2 is 2.22 bits per heavy atom. The van der Waals surface area contributed by atoms with Crippen molar-refractivity contribution >= 4 is 5.97 Å². The van der Waals surface area contributed by atoms with Gasteiger partial charge in [0.25, 0.3) is 0 Å². The van der Waals surface area contributed by atoms with Crippen LogP contribution in [0.3, 0.4) is 0 Å². The molecule has 0 bridgehead atoms. The summed E-state index contributed by atoms with van der Waals surface area (Å²) in [6.07, 6.45) is 0.807. The average molecular weight is 252 g/mol. The smallest absolute Gasteiger partial charge is 0.322 e. The van der Waals surface area contributed by atoms with E-state index in [1.807, 2.05) is 19.1 Å². The van der Waals surface area contributed by atoms with Crippen LogP contribution in [0.5, 0.6) is 5.75 Å². The van der Waals surface area contributed by atoms with Crippen LogP contribution in [0.15, 0.2) is 18.2 Å². The third-order valence-electron chi connectivity index (χ3n) is 3.01. The van der Waals surface area contributed by atoms with Gasteiger partial charge in [0, 0.05) is 0 Å². The molecule has 0 saturated heterocycles. The number of benzene rings is 1. The van der Waals surface area contributed by atoms with Crippen molar-refractivity contribution in [3.05, 3.63) is 29.3 Å². The molecule has 1 aromatic carbocycles. The number of nitrogens with one attached hydrogen (secondary N) is 1. The van der Waals surface area contributed by atoms with Crippen LogP contribution >= 0.6 is 0 Å². The van der Waals surface area contributed by atoms with Crippen molar-refractivity contribution in [1.82, 2.24) is 5.32 Å². The number of nitrogens with two attached hydrogens (primary N) is 1. The Labute approximate surface area is 107 Å². The zero-order valence-corrected chi connectivity index (χ0v) is 10.9. The third kappa shape index (κ3) is 3.00. The molecule has 2 atom stereocenters. The molecule has 1 aromatic rings. The number of rotatable bonds is 6. The molecule has 0 fully saturated rings. The summed E-state index contributed by atoms with van der Waals surface area (Å²) < 4.78 is 5.23. The molecule has 0 heterocycles. The van der Waals surface area contributed by atoms with E-state index in [0.29, 0.717) is 0 Å². The van der Waals surface area contributed by atoms with Crippen molar-refractivity contribution in [2.24, 2.45) is 5.73 Å². The van der Waals surface area contributed by atoms with Crippen LogP contribution in [0.4, 0.5) is 0 Å². The van der Waals surface area contributed by atoms with Gasteiger partial charge in [0.1, 0.15) is 11.8 Å². The molecule has 5 nitrogen and oxygen atoms in total. The predicted molar refractivity (Wildman–Crippen MR) is 69.8 cm³/mol. The fourth-order valence-electron chi connectivity index (χ4n) is 1.93. The highest BCUT2D eigenvalue weighted by Gasteiger charge is 2.25. The molecule has 0 amide bonds. The highest BCUT2D eigenvalue weighted by Crippen LogP contribution is 2.24. The lowest BCUT2D eigenvalue weighted by atomic mass is 9.97.